The molecule has 4 aromatic rings. The summed E-state index contributed by atoms with van der Waals surface area (Å²) in [6.07, 6.45) is 0.487. The molecule has 2 amide bonds. The zero-order valence-electron chi connectivity index (χ0n) is 19.4. The van der Waals surface area contributed by atoms with Gasteiger partial charge in [0.05, 0.1) is 23.0 Å². The van der Waals surface area contributed by atoms with Crippen molar-refractivity contribution in [3.8, 4) is 0 Å². The first kappa shape index (κ1) is 23.4. The fourth-order valence-electron chi connectivity index (χ4n) is 4.96. The van der Waals surface area contributed by atoms with Gasteiger partial charge in [0.2, 0.25) is 0 Å². The summed E-state index contributed by atoms with van der Waals surface area (Å²) in [6.45, 7) is -0.324. The zero-order chi connectivity index (χ0) is 25.7. The predicted molar refractivity (Wildman–Crippen MR) is 144 cm³/mol. The molecule has 8 heteroatoms. The van der Waals surface area contributed by atoms with Gasteiger partial charge in [-0.3, -0.25) is 19.3 Å². The highest BCUT2D eigenvalue weighted by Crippen LogP contribution is 2.36. The molecule has 0 N–H and O–H groups in total. The quantitative estimate of drug-likeness (QED) is 0.303. The van der Waals surface area contributed by atoms with E-state index in [4.69, 9.17) is 28.3 Å². The van der Waals surface area contributed by atoms with E-state index in [2.05, 4.69) is 0 Å². The van der Waals surface area contributed by atoms with Gasteiger partial charge in [0.25, 0.3) is 17.6 Å². The lowest BCUT2D eigenvalue weighted by atomic mass is 9.95. The Balaban J connectivity index is 1.38. The van der Waals surface area contributed by atoms with Crippen LogP contribution >= 0.6 is 23.2 Å². The monoisotopic (exact) mass is 527 g/mol. The Kier molecular flexibility index (Phi) is 5.78. The zero-order valence-corrected chi connectivity index (χ0v) is 20.9. The van der Waals surface area contributed by atoms with Crippen LogP contribution in [0.15, 0.2) is 90.0 Å². The van der Waals surface area contributed by atoms with E-state index in [0.717, 1.165) is 27.6 Å². The van der Waals surface area contributed by atoms with Gasteiger partial charge in [0.15, 0.2) is 0 Å². The van der Waals surface area contributed by atoms with Crippen LogP contribution in [0, 0.1) is 0 Å². The van der Waals surface area contributed by atoms with Crippen LogP contribution in [0.1, 0.15) is 33.9 Å². The van der Waals surface area contributed by atoms with Crippen molar-refractivity contribution in [3.05, 3.63) is 112 Å². The maximum absolute atomic E-state index is 13.7. The van der Waals surface area contributed by atoms with Crippen LogP contribution in [0.25, 0.3) is 10.8 Å². The smallest absolute Gasteiger partial charge is 0.295 e. The van der Waals surface area contributed by atoms with E-state index in [1.165, 1.54) is 16.0 Å². The van der Waals surface area contributed by atoms with Gasteiger partial charge in [-0.15, -0.1) is 0 Å². The summed E-state index contributed by atoms with van der Waals surface area (Å²) >= 11 is 12.1. The highest BCUT2D eigenvalue weighted by molar-refractivity contribution is 6.53. The number of hydrogen-bond acceptors (Lipinski definition) is 4. The third-order valence-electron chi connectivity index (χ3n) is 6.75. The normalized spacial score (nSPS) is 16.9. The minimum Gasteiger partial charge on any atom is -0.295 e. The van der Waals surface area contributed by atoms with Gasteiger partial charge in [-0.2, -0.15) is 5.10 Å². The minimum atomic E-state index is -0.758. The molecule has 6 nitrogen and oxygen atoms in total. The van der Waals surface area contributed by atoms with Gasteiger partial charge >= 0.3 is 0 Å². The van der Waals surface area contributed by atoms with Crippen molar-refractivity contribution in [3.63, 3.8) is 0 Å². The SMILES string of the molecule is O=C1C(=O)N(CC(=O)N2N=C(c3cccc4ccccc34)CC2c2ccc(Cl)cc2)c2ccc(Cl)cc21. The molecule has 0 radical (unpaired) electrons. The van der Waals surface area contributed by atoms with E-state index < -0.39 is 23.6 Å². The Bertz CT molecular complexity index is 1630. The van der Waals surface area contributed by atoms with Crippen LogP contribution < -0.4 is 4.90 Å². The summed E-state index contributed by atoms with van der Waals surface area (Å²) < 4.78 is 0. The Hall–Kier alpha value is -4.00. The largest absolute Gasteiger partial charge is 0.299 e. The molecule has 0 saturated heterocycles. The lowest BCUT2D eigenvalue weighted by molar-refractivity contribution is -0.132. The number of hydrogen-bond donors (Lipinski definition) is 0. The highest BCUT2D eigenvalue weighted by Gasteiger charge is 2.40. The van der Waals surface area contributed by atoms with E-state index in [0.29, 0.717) is 22.2 Å². The molecule has 182 valence electrons. The van der Waals surface area contributed by atoms with Crippen LogP contribution in [-0.4, -0.2) is 34.9 Å². The summed E-state index contributed by atoms with van der Waals surface area (Å²) in [5, 5.41) is 9.24. The van der Waals surface area contributed by atoms with Crippen LogP contribution in [0.3, 0.4) is 0 Å². The number of halogens is 2. The molecule has 1 unspecified atom stereocenters. The average molecular weight is 528 g/mol. The molecule has 6 rings (SSSR count). The maximum atomic E-state index is 13.7. The molecule has 2 aliphatic heterocycles. The first-order valence-electron chi connectivity index (χ1n) is 11.7. The highest BCUT2D eigenvalue weighted by atomic mass is 35.5. The first-order valence-corrected chi connectivity index (χ1v) is 12.4. The second-order valence-corrected chi connectivity index (χ2v) is 9.84. The van der Waals surface area contributed by atoms with Gasteiger partial charge in [-0.25, -0.2) is 5.01 Å². The third-order valence-corrected chi connectivity index (χ3v) is 7.24. The van der Waals surface area contributed by atoms with Crippen molar-refractivity contribution in [1.82, 2.24) is 5.01 Å². The lowest BCUT2D eigenvalue weighted by Crippen LogP contribution is -2.40. The van der Waals surface area contributed by atoms with Crippen LogP contribution in [0.5, 0.6) is 0 Å². The Morgan fingerprint density at radius 3 is 2.41 bits per heavy atom. The van der Waals surface area contributed by atoms with E-state index in [1.807, 2.05) is 54.6 Å². The summed E-state index contributed by atoms with van der Waals surface area (Å²) in [7, 11) is 0. The summed E-state index contributed by atoms with van der Waals surface area (Å²) in [5.74, 6) is -1.84. The molecule has 37 heavy (non-hydrogen) atoms. The molecule has 0 saturated carbocycles. The van der Waals surface area contributed by atoms with Crippen LogP contribution in [0.2, 0.25) is 10.0 Å². The molecule has 2 heterocycles. The first-order chi connectivity index (χ1) is 17.9. The van der Waals surface area contributed by atoms with E-state index in [1.54, 1.807) is 24.3 Å². The fourth-order valence-corrected chi connectivity index (χ4v) is 5.26. The van der Waals surface area contributed by atoms with E-state index in [9.17, 15) is 14.4 Å². The van der Waals surface area contributed by atoms with Crippen LogP contribution in [0.4, 0.5) is 5.69 Å². The molecule has 4 aromatic carbocycles. The van der Waals surface area contributed by atoms with Crippen molar-refractivity contribution in [2.45, 2.75) is 12.5 Å². The Morgan fingerprint density at radius 2 is 1.59 bits per heavy atom. The number of anilines is 1. The number of rotatable bonds is 4. The predicted octanol–water partition coefficient (Wildman–Crippen LogP) is 6.05. The molecule has 1 atom stereocenters. The van der Waals surface area contributed by atoms with Gasteiger partial charge in [0.1, 0.15) is 6.54 Å². The standard InChI is InChI=1S/C29H19Cl2N3O3/c30-19-10-8-18(9-11-19)26-15-24(22-7-3-5-17-4-1-2-6-21(17)22)32-34(26)27(35)16-33-25-13-12-20(31)14-23(25)28(36)29(33)37/h1-14,26H,15-16H2. The number of benzene rings is 4. The number of carbonyl (C=O) groups excluding carboxylic acids is 3. The Morgan fingerprint density at radius 1 is 0.865 bits per heavy atom. The van der Waals surface area contributed by atoms with Gasteiger partial charge in [-0.05, 0) is 46.7 Å². The summed E-state index contributed by atoms with van der Waals surface area (Å²) in [4.78, 5) is 40.2. The second kappa shape index (κ2) is 9.14. The van der Waals surface area contributed by atoms with E-state index >= 15 is 0 Å². The van der Waals surface area contributed by atoms with Crippen molar-refractivity contribution < 1.29 is 14.4 Å². The van der Waals surface area contributed by atoms with Crippen LogP contribution in [-0.2, 0) is 9.59 Å². The third kappa shape index (κ3) is 4.08. The molecule has 0 aliphatic carbocycles. The molecular formula is C29H19Cl2N3O3. The lowest BCUT2D eigenvalue weighted by Gasteiger charge is -2.24. The van der Waals surface area contributed by atoms with Crippen molar-refractivity contribution in [2.24, 2.45) is 5.10 Å². The number of hydrazone groups is 1. The molecule has 0 fully saturated rings. The molecule has 0 aromatic heterocycles. The Labute approximate surface area is 222 Å². The number of nitrogens with zero attached hydrogens (tertiary/aromatic N) is 3. The second-order valence-electron chi connectivity index (χ2n) is 8.97. The van der Waals surface area contributed by atoms with Gasteiger partial charge in [-0.1, -0.05) is 77.8 Å². The summed E-state index contributed by atoms with van der Waals surface area (Å²) in [5.41, 5.74) is 3.14. The molecule has 0 bridgehead atoms. The van der Waals surface area contributed by atoms with E-state index in [-0.39, 0.29) is 12.1 Å². The van der Waals surface area contributed by atoms with Crippen molar-refractivity contribution in [2.75, 3.05) is 11.4 Å². The van der Waals surface area contributed by atoms with Gasteiger partial charge in [0, 0.05) is 22.0 Å². The summed E-state index contributed by atoms with van der Waals surface area (Å²) in [6, 6.07) is 25.6. The molecule has 0 spiro atoms. The number of carbonyl (C=O) groups is 3. The number of Topliss-reactive ketones (excluding diaryl/α,β-unsaturated/α-hetero) is 1. The fraction of sp³-hybridized carbons (Fsp3) is 0.103. The number of fused-ring (bicyclic) bond motifs is 2. The maximum Gasteiger partial charge on any atom is 0.299 e. The molecule has 2 aliphatic rings. The topological polar surface area (TPSA) is 70.1 Å². The van der Waals surface area contributed by atoms with Crippen molar-refractivity contribution in [1.29, 1.82) is 0 Å². The minimum absolute atomic E-state index is 0.195. The van der Waals surface area contributed by atoms with Gasteiger partial charge < -0.3 is 0 Å². The molecular weight excluding hydrogens is 509 g/mol. The van der Waals surface area contributed by atoms with Crippen molar-refractivity contribution >= 4 is 63.0 Å². The number of amides is 2. The average Bonchev–Trinajstić information content (AvgIpc) is 3.45. The number of ketones is 1.